The average Bonchev–Trinajstić information content (AvgIpc) is 2.60. The SMILES string of the molecule is CC(=O)c1ncc(CO)n1S(=O)(=O)N(C)C. The van der Waals surface area contributed by atoms with Crippen LogP contribution in [0.25, 0.3) is 0 Å². The molecule has 0 atom stereocenters. The van der Waals surface area contributed by atoms with Crippen LogP contribution < -0.4 is 0 Å². The molecule has 0 bridgehead atoms. The van der Waals surface area contributed by atoms with E-state index in [1.54, 1.807) is 0 Å². The maximum Gasteiger partial charge on any atom is 0.309 e. The number of carbonyl (C=O) groups excluding carboxylic acids is 1. The summed E-state index contributed by atoms with van der Waals surface area (Å²) in [6.07, 6.45) is 1.16. The van der Waals surface area contributed by atoms with E-state index in [2.05, 4.69) is 4.98 Å². The number of nitrogens with zero attached hydrogens (tertiary/aromatic N) is 3. The van der Waals surface area contributed by atoms with Crippen molar-refractivity contribution in [3.8, 4) is 0 Å². The van der Waals surface area contributed by atoms with Gasteiger partial charge >= 0.3 is 10.2 Å². The molecule has 1 rings (SSSR count). The zero-order valence-electron chi connectivity index (χ0n) is 9.21. The van der Waals surface area contributed by atoms with Crippen LogP contribution in [0.15, 0.2) is 6.20 Å². The van der Waals surface area contributed by atoms with Crippen LogP contribution in [-0.2, 0) is 16.8 Å². The van der Waals surface area contributed by atoms with E-state index in [1.165, 1.54) is 21.0 Å². The van der Waals surface area contributed by atoms with E-state index in [0.717, 1.165) is 14.5 Å². The predicted octanol–water partition coefficient (Wildman–Crippen LogP) is -0.768. The van der Waals surface area contributed by atoms with Crippen molar-refractivity contribution in [3.63, 3.8) is 0 Å². The van der Waals surface area contributed by atoms with E-state index >= 15 is 0 Å². The Balaban J connectivity index is 3.52. The van der Waals surface area contributed by atoms with Crippen LogP contribution in [0.5, 0.6) is 0 Å². The van der Waals surface area contributed by atoms with Crippen LogP contribution in [-0.4, -0.2) is 46.7 Å². The predicted molar refractivity (Wildman–Crippen MR) is 56.2 cm³/mol. The summed E-state index contributed by atoms with van der Waals surface area (Å²) in [6, 6.07) is 0. The second-order valence-electron chi connectivity index (χ2n) is 3.34. The van der Waals surface area contributed by atoms with Crippen molar-refractivity contribution in [1.82, 2.24) is 13.3 Å². The molecule has 8 heteroatoms. The molecular weight excluding hydrogens is 234 g/mol. The van der Waals surface area contributed by atoms with Gasteiger partial charge in [-0.2, -0.15) is 12.7 Å². The van der Waals surface area contributed by atoms with Gasteiger partial charge in [-0.25, -0.2) is 8.96 Å². The molecule has 0 amide bonds. The van der Waals surface area contributed by atoms with Crippen LogP contribution in [0, 0.1) is 0 Å². The van der Waals surface area contributed by atoms with Gasteiger partial charge in [0.1, 0.15) is 0 Å². The van der Waals surface area contributed by atoms with Gasteiger partial charge < -0.3 is 5.11 Å². The lowest BCUT2D eigenvalue weighted by atomic mass is 10.4. The number of Topliss-reactive ketones (excluding diaryl/α,β-unsaturated/α-hetero) is 1. The molecule has 0 aliphatic heterocycles. The fourth-order valence-corrected chi connectivity index (χ4v) is 2.26. The van der Waals surface area contributed by atoms with Crippen molar-refractivity contribution >= 4 is 16.0 Å². The van der Waals surface area contributed by atoms with Gasteiger partial charge in [-0.05, 0) is 0 Å². The second-order valence-corrected chi connectivity index (χ2v) is 5.33. The Hall–Kier alpha value is -1.25. The van der Waals surface area contributed by atoms with Gasteiger partial charge in [0.05, 0.1) is 18.5 Å². The van der Waals surface area contributed by atoms with E-state index in [-0.39, 0.29) is 11.5 Å². The van der Waals surface area contributed by atoms with E-state index < -0.39 is 22.6 Å². The Morgan fingerprint density at radius 3 is 2.50 bits per heavy atom. The number of imidazole rings is 1. The number of aromatic nitrogens is 2. The summed E-state index contributed by atoms with van der Waals surface area (Å²) in [5.74, 6) is -0.692. The Kier molecular flexibility index (Phi) is 3.46. The van der Waals surface area contributed by atoms with Gasteiger partial charge in [-0.3, -0.25) is 4.79 Å². The van der Waals surface area contributed by atoms with Crippen LogP contribution >= 0.6 is 0 Å². The minimum atomic E-state index is -3.85. The van der Waals surface area contributed by atoms with E-state index in [1.807, 2.05) is 0 Å². The maximum atomic E-state index is 11.9. The van der Waals surface area contributed by atoms with Crippen LogP contribution in [0.2, 0.25) is 0 Å². The molecular formula is C8H13N3O4S. The summed E-state index contributed by atoms with van der Waals surface area (Å²) in [7, 11) is -1.18. The van der Waals surface area contributed by atoms with Crippen molar-refractivity contribution < 1.29 is 18.3 Å². The first-order valence-electron chi connectivity index (χ1n) is 4.43. The van der Waals surface area contributed by atoms with E-state index in [4.69, 9.17) is 5.11 Å². The van der Waals surface area contributed by atoms with Gasteiger partial charge in [0, 0.05) is 21.0 Å². The summed E-state index contributed by atoms with van der Waals surface area (Å²) < 4.78 is 25.5. The molecule has 0 spiro atoms. The van der Waals surface area contributed by atoms with Crippen molar-refractivity contribution in [2.75, 3.05) is 14.1 Å². The number of carbonyl (C=O) groups is 1. The number of hydrogen-bond donors (Lipinski definition) is 1. The highest BCUT2D eigenvalue weighted by Gasteiger charge is 2.25. The molecule has 90 valence electrons. The zero-order valence-corrected chi connectivity index (χ0v) is 10.0. The normalized spacial score (nSPS) is 12.1. The third kappa shape index (κ3) is 1.99. The first kappa shape index (κ1) is 12.8. The molecule has 1 heterocycles. The van der Waals surface area contributed by atoms with Gasteiger partial charge in [0.15, 0.2) is 11.6 Å². The Morgan fingerprint density at radius 1 is 1.56 bits per heavy atom. The minimum absolute atomic E-state index is 0.0545. The number of ketones is 1. The van der Waals surface area contributed by atoms with E-state index in [0.29, 0.717) is 0 Å². The molecule has 0 aliphatic rings. The third-order valence-electron chi connectivity index (χ3n) is 1.96. The molecule has 0 aromatic carbocycles. The lowest BCUT2D eigenvalue weighted by molar-refractivity contribution is 0.100. The summed E-state index contributed by atoms with van der Waals surface area (Å²) in [4.78, 5) is 14.9. The largest absolute Gasteiger partial charge is 0.390 e. The first-order chi connectivity index (χ1) is 7.32. The molecule has 0 unspecified atom stereocenters. The number of hydrogen-bond acceptors (Lipinski definition) is 5. The van der Waals surface area contributed by atoms with Crippen LogP contribution in [0.3, 0.4) is 0 Å². The highest BCUT2D eigenvalue weighted by atomic mass is 32.2. The lowest BCUT2D eigenvalue weighted by Gasteiger charge is -2.15. The Bertz CT molecular complexity index is 503. The number of rotatable bonds is 4. The molecule has 7 nitrogen and oxygen atoms in total. The average molecular weight is 247 g/mol. The minimum Gasteiger partial charge on any atom is -0.390 e. The van der Waals surface area contributed by atoms with Crippen molar-refractivity contribution in [3.05, 3.63) is 17.7 Å². The monoisotopic (exact) mass is 247 g/mol. The van der Waals surface area contributed by atoms with Crippen molar-refractivity contribution in [2.45, 2.75) is 13.5 Å². The summed E-state index contributed by atoms with van der Waals surface area (Å²) in [5.41, 5.74) is 0.0545. The van der Waals surface area contributed by atoms with Crippen LogP contribution in [0.4, 0.5) is 0 Å². The highest BCUT2D eigenvalue weighted by molar-refractivity contribution is 7.87. The molecule has 0 radical (unpaired) electrons. The molecule has 0 saturated heterocycles. The summed E-state index contributed by atoms with van der Waals surface area (Å²) >= 11 is 0. The molecule has 0 saturated carbocycles. The molecule has 0 fully saturated rings. The highest BCUT2D eigenvalue weighted by Crippen LogP contribution is 2.12. The van der Waals surface area contributed by atoms with Crippen molar-refractivity contribution in [1.29, 1.82) is 0 Å². The molecule has 1 aromatic rings. The van der Waals surface area contributed by atoms with Crippen molar-refractivity contribution in [2.24, 2.45) is 0 Å². The van der Waals surface area contributed by atoms with Crippen LogP contribution in [0.1, 0.15) is 23.2 Å². The molecule has 1 aromatic heterocycles. The fraction of sp³-hybridized carbons (Fsp3) is 0.500. The summed E-state index contributed by atoms with van der Waals surface area (Å²) in [5, 5.41) is 9.00. The van der Waals surface area contributed by atoms with E-state index in [9.17, 15) is 13.2 Å². The molecule has 1 N–H and O–H groups in total. The topological polar surface area (TPSA) is 92.5 Å². The second kappa shape index (κ2) is 4.32. The molecule has 0 aliphatic carbocycles. The smallest absolute Gasteiger partial charge is 0.309 e. The number of aliphatic hydroxyl groups excluding tert-OH is 1. The quantitative estimate of drug-likeness (QED) is 0.705. The zero-order chi connectivity index (χ0) is 12.5. The van der Waals surface area contributed by atoms with Gasteiger partial charge in [-0.15, -0.1) is 0 Å². The third-order valence-corrected chi connectivity index (χ3v) is 3.75. The number of aliphatic hydroxyl groups is 1. The lowest BCUT2D eigenvalue weighted by Crippen LogP contribution is -2.32. The first-order valence-corrected chi connectivity index (χ1v) is 5.83. The summed E-state index contributed by atoms with van der Waals surface area (Å²) in [6.45, 7) is 0.707. The fourth-order valence-electron chi connectivity index (χ4n) is 1.14. The van der Waals surface area contributed by atoms with Gasteiger partial charge in [-0.1, -0.05) is 0 Å². The van der Waals surface area contributed by atoms with Gasteiger partial charge in [0.2, 0.25) is 0 Å². The standard InChI is InChI=1S/C8H13N3O4S/c1-6(13)8-9-4-7(5-12)11(8)16(14,15)10(2)3/h4,12H,5H2,1-3H3. The molecule has 16 heavy (non-hydrogen) atoms. The Morgan fingerprint density at radius 2 is 2.12 bits per heavy atom. The maximum absolute atomic E-state index is 11.9. The van der Waals surface area contributed by atoms with Gasteiger partial charge in [0.25, 0.3) is 0 Å². The Labute approximate surface area is 93.5 Å².